The number of piperidine rings is 1. The molecule has 2 aromatic heterocycles. The Morgan fingerprint density at radius 3 is 2.88 bits per heavy atom. The Morgan fingerprint density at radius 1 is 1.22 bits per heavy atom. The molecule has 0 unspecified atom stereocenters. The molecule has 0 aliphatic carbocycles. The van der Waals surface area contributed by atoms with E-state index in [2.05, 4.69) is 54.0 Å². The number of aliphatic hydroxyl groups is 1. The molecule has 0 spiro atoms. The fraction of sp³-hybridized carbons (Fsp3) is 0.455. The van der Waals surface area contributed by atoms with Crippen molar-refractivity contribution >= 4 is 23.4 Å². The van der Waals surface area contributed by atoms with Crippen LogP contribution >= 0.6 is 11.6 Å². The summed E-state index contributed by atoms with van der Waals surface area (Å²) in [6.45, 7) is 4.18. The molecular weight excluding hydrogens is 428 g/mol. The molecule has 168 valence electrons. The number of rotatable bonds is 10. The van der Waals surface area contributed by atoms with Gasteiger partial charge in [-0.15, -0.1) is 5.10 Å². The molecule has 9 nitrogen and oxygen atoms in total. The van der Waals surface area contributed by atoms with E-state index in [1.54, 1.807) is 10.7 Å². The second-order valence-corrected chi connectivity index (χ2v) is 8.23. The Bertz CT molecular complexity index is 975. The molecule has 1 aliphatic rings. The highest BCUT2D eigenvalue weighted by molar-refractivity contribution is 6.29. The zero-order valence-corrected chi connectivity index (χ0v) is 18.6. The third-order valence-corrected chi connectivity index (χ3v) is 5.51. The van der Waals surface area contributed by atoms with E-state index in [0.29, 0.717) is 42.5 Å². The molecule has 32 heavy (non-hydrogen) atoms. The lowest BCUT2D eigenvalue weighted by Gasteiger charge is -2.32. The zero-order valence-electron chi connectivity index (χ0n) is 17.8. The summed E-state index contributed by atoms with van der Waals surface area (Å²) in [5.41, 5.74) is 2.03. The second-order valence-electron chi connectivity index (χ2n) is 7.84. The highest BCUT2D eigenvalue weighted by atomic mass is 35.5. The van der Waals surface area contributed by atoms with E-state index in [-0.39, 0.29) is 6.61 Å². The molecular formula is C22H27ClN8O. The van der Waals surface area contributed by atoms with Crippen molar-refractivity contribution in [2.24, 2.45) is 0 Å². The predicted octanol–water partition coefficient (Wildman–Crippen LogP) is 2.39. The van der Waals surface area contributed by atoms with Gasteiger partial charge in [0.1, 0.15) is 16.7 Å². The number of likely N-dealkylation sites (tertiary alicyclic amines) is 1. The SMILES string of the molecule is OCCCn1cc(CNc2nc(Cl)cc(NC3CCN(Cc4cc#ccc4)CC3)n2)nn1. The van der Waals surface area contributed by atoms with Crippen LogP contribution in [0, 0.1) is 12.1 Å². The van der Waals surface area contributed by atoms with Crippen molar-refractivity contribution in [3.8, 4) is 0 Å². The summed E-state index contributed by atoms with van der Waals surface area (Å²) in [5, 5.41) is 24.1. The molecule has 1 fully saturated rings. The standard InChI is InChI=1S/C22H27ClN8O/c23-20-13-21(25-18-7-10-30(11-8-18)15-17-5-2-1-3-6-17)27-22(26-20)24-14-19-16-31(29-28-19)9-4-12-32/h2,5-6,13,16,18,32H,4,7-12,14-15H2,(H2,24,25,26,27). The Balaban J connectivity index is 1.27. The molecule has 0 bridgehead atoms. The van der Waals surface area contributed by atoms with E-state index in [1.165, 1.54) is 5.56 Å². The van der Waals surface area contributed by atoms with Gasteiger partial charge in [0.25, 0.3) is 0 Å². The van der Waals surface area contributed by atoms with E-state index in [4.69, 9.17) is 16.7 Å². The molecule has 4 rings (SSSR count). The van der Waals surface area contributed by atoms with E-state index >= 15 is 0 Å². The molecule has 0 amide bonds. The molecule has 3 N–H and O–H groups in total. The summed E-state index contributed by atoms with van der Waals surface area (Å²) >= 11 is 6.22. The maximum absolute atomic E-state index is 8.92. The Hall–Kier alpha value is -2.93. The predicted molar refractivity (Wildman–Crippen MR) is 122 cm³/mol. The molecule has 0 saturated carbocycles. The van der Waals surface area contributed by atoms with Crippen LogP contribution in [0.2, 0.25) is 5.15 Å². The van der Waals surface area contributed by atoms with Crippen LogP contribution in [0.15, 0.2) is 30.5 Å². The van der Waals surface area contributed by atoms with E-state index in [1.807, 2.05) is 18.3 Å². The quantitative estimate of drug-likeness (QED) is 0.401. The number of aliphatic hydroxyl groups excluding tert-OH is 1. The monoisotopic (exact) mass is 454 g/mol. The van der Waals surface area contributed by atoms with Gasteiger partial charge in [-0.2, -0.15) is 4.98 Å². The largest absolute Gasteiger partial charge is 0.396 e. The van der Waals surface area contributed by atoms with E-state index in [9.17, 15) is 0 Å². The number of aromatic nitrogens is 5. The highest BCUT2D eigenvalue weighted by Gasteiger charge is 2.20. The lowest BCUT2D eigenvalue weighted by molar-refractivity contribution is 0.211. The van der Waals surface area contributed by atoms with Crippen LogP contribution in [-0.4, -0.2) is 60.7 Å². The van der Waals surface area contributed by atoms with Crippen molar-refractivity contribution < 1.29 is 5.11 Å². The Kier molecular flexibility index (Phi) is 7.72. The molecule has 3 aromatic rings. The normalized spacial score (nSPS) is 14.8. The van der Waals surface area contributed by atoms with Crippen LogP contribution in [0.1, 0.15) is 30.5 Å². The number of nitrogens with zero attached hydrogens (tertiary/aromatic N) is 6. The van der Waals surface area contributed by atoms with Gasteiger partial charge in [0.05, 0.1) is 12.7 Å². The minimum Gasteiger partial charge on any atom is -0.396 e. The summed E-state index contributed by atoms with van der Waals surface area (Å²) in [6.07, 6.45) is 4.55. The summed E-state index contributed by atoms with van der Waals surface area (Å²) < 4.78 is 1.71. The molecule has 1 aliphatic heterocycles. The van der Waals surface area contributed by atoms with Gasteiger partial charge in [-0.25, -0.2) is 4.98 Å². The van der Waals surface area contributed by atoms with Gasteiger partial charge in [0.2, 0.25) is 5.95 Å². The number of aryl methyl sites for hydroxylation is 1. The van der Waals surface area contributed by atoms with Crippen molar-refractivity contribution in [2.75, 3.05) is 30.3 Å². The smallest absolute Gasteiger partial charge is 0.226 e. The first-order valence-corrected chi connectivity index (χ1v) is 11.2. The minimum atomic E-state index is 0.128. The Labute approximate surface area is 192 Å². The van der Waals surface area contributed by atoms with Crippen LogP contribution in [0.25, 0.3) is 0 Å². The average molecular weight is 455 g/mol. The van der Waals surface area contributed by atoms with Crippen molar-refractivity contribution in [1.82, 2.24) is 29.9 Å². The molecule has 1 saturated heterocycles. The first-order valence-electron chi connectivity index (χ1n) is 10.8. The third kappa shape index (κ3) is 6.53. The fourth-order valence-electron chi connectivity index (χ4n) is 3.68. The van der Waals surface area contributed by atoms with E-state index in [0.717, 1.165) is 38.2 Å². The van der Waals surface area contributed by atoms with Crippen LogP contribution in [0.5, 0.6) is 0 Å². The van der Waals surface area contributed by atoms with Crippen LogP contribution in [-0.2, 0) is 19.6 Å². The number of hydrogen-bond acceptors (Lipinski definition) is 8. The zero-order chi connectivity index (χ0) is 22.2. The summed E-state index contributed by atoms with van der Waals surface area (Å²) in [7, 11) is 0. The lowest BCUT2D eigenvalue weighted by Crippen LogP contribution is -2.38. The average Bonchev–Trinajstić information content (AvgIpc) is 3.26. The molecule has 3 heterocycles. The van der Waals surface area contributed by atoms with Gasteiger partial charge in [-0.3, -0.25) is 9.58 Å². The number of anilines is 2. The summed E-state index contributed by atoms with van der Waals surface area (Å²) in [5.74, 6) is 1.16. The number of halogens is 1. The highest BCUT2D eigenvalue weighted by Crippen LogP contribution is 2.20. The Morgan fingerprint density at radius 2 is 2.09 bits per heavy atom. The van der Waals surface area contributed by atoms with Crippen LogP contribution in [0.4, 0.5) is 11.8 Å². The topological polar surface area (TPSA) is 104 Å². The number of nitrogens with one attached hydrogen (secondary N) is 2. The van der Waals surface area contributed by atoms with Gasteiger partial charge >= 0.3 is 0 Å². The lowest BCUT2D eigenvalue weighted by atomic mass is 10.0. The maximum atomic E-state index is 8.92. The summed E-state index contributed by atoms with van der Waals surface area (Å²) in [6, 6.07) is 14.1. The van der Waals surface area contributed by atoms with Crippen molar-refractivity contribution in [3.05, 3.63) is 59.0 Å². The molecule has 0 radical (unpaired) electrons. The van der Waals surface area contributed by atoms with Crippen molar-refractivity contribution in [1.29, 1.82) is 0 Å². The minimum absolute atomic E-state index is 0.128. The first kappa shape index (κ1) is 22.3. The van der Waals surface area contributed by atoms with Crippen molar-refractivity contribution in [2.45, 2.75) is 44.9 Å². The first-order chi connectivity index (χ1) is 15.7. The second kappa shape index (κ2) is 11.1. The maximum Gasteiger partial charge on any atom is 0.226 e. The van der Waals surface area contributed by atoms with Gasteiger partial charge < -0.3 is 15.7 Å². The molecule has 0 atom stereocenters. The van der Waals surface area contributed by atoms with Crippen LogP contribution in [0.3, 0.4) is 0 Å². The van der Waals surface area contributed by atoms with Gasteiger partial charge in [-0.05, 0) is 43.0 Å². The summed E-state index contributed by atoms with van der Waals surface area (Å²) in [4.78, 5) is 11.3. The third-order valence-electron chi connectivity index (χ3n) is 5.32. The van der Waals surface area contributed by atoms with E-state index < -0.39 is 0 Å². The fourth-order valence-corrected chi connectivity index (χ4v) is 3.87. The van der Waals surface area contributed by atoms with Gasteiger partial charge in [-0.1, -0.05) is 28.9 Å². The van der Waals surface area contributed by atoms with Crippen LogP contribution < -0.4 is 10.6 Å². The molecule has 1 aromatic carbocycles. The van der Waals surface area contributed by atoms with Crippen molar-refractivity contribution in [3.63, 3.8) is 0 Å². The molecule has 10 heteroatoms. The van der Waals surface area contributed by atoms with Gasteiger partial charge in [0.15, 0.2) is 0 Å². The number of hydrogen-bond donors (Lipinski definition) is 3. The van der Waals surface area contributed by atoms with Gasteiger partial charge in [0, 0.05) is 44.9 Å².